The number of hydrogen-bond donors (Lipinski definition) is 2. The lowest BCUT2D eigenvalue weighted by molar-refractivity contribution is -0.140. The maximum atomic E-state index is 12.7. The molecule has 2 N–H and O–H groups in total. The van der Waals surface area contributed by atoms with E-state index in [-0.39, 0.29) is 18.6 Å². The van der Waals surface area contributed by atoms with Gasteiger partial charge >= 0.3 is 6.03 Å². The van der Waals surface area contributed by atoms with Gasteiger partial charge in [-0.25, -0.2) is 4.79 Å². The molecule has 0 unspecified atom stereocenters. The molecule has 0 radical (unpaired) electrons. The zero-order valence-electron chi connectivity index (χ0n) is 16.6. The van der Waals surface area contributed by atoms with Crippen molar-refractivity contribution < 1.29 is 19.2 Å². The number of carbonyl (C=O) groups excluding carboxylic acids is 4. The van der Waals surface area contributed by atoms with Gasteiger partial charge in [-0.2, -0.15) is 5.01 Å². The molecule has 1 aliphatic heterocycles. The lowest BCUT2D eigenvalue weighted by atomic mass is 9.77. The molecule has 1 aliphatic carbocycles. The molecule has 150 valence electrons. The fourth-order valence-corrected chi connectivity index (χ4v) is 3.78. The van der Waals surface area contributed by atoms with Gasteiger partial charge in [-0.15, -0.1) is 0 Å². The highest BCUT2D eigenvalue weighted by Gasteiger charge is 2.52. The van der Waals surface area contributed by atoms with Crippen molar-refractivity contribution in [2.24, 2.45) is 5.92 Å². The Morgan fingerprint density at radius 2 is 1.82 bits per heavy atom. The van der Waals surface area contributed by atoms with Crippen LogP contribution in [0.4, 0.5) is 4.79 Å². The Hall–Kier alpha value is -2.70. The molecule has 0 bridgehead atoms. The van der Waals surface area contributed by atoms with Gasteiger partial charge in [-0.05, 0) is 62.6 Å². The number of Topliss-reactive ketones (excluding diaryl/α,β-unsaturated/α-hetero) is 1. The minimum atomic E-state index is -0.897. The summed E-state index contributed by atoms with van der Waals surface area (Å²) in [7, 11) is 0. The van der Waals surface area contributed by atoms with Gasteiger partial charge in [0.15, 0.2) is 5.78 Å². The van der Waals surface area contributed by atoms with Gasteiger partial charge in [-0.3, -0.25) is 19.8 Å². The third kappa shape index (κ3) is 3.93. The molecular formula is C21H27N3O4. The van der Waals surface area contributed by atoms with Crippen LogP contribution in [0.25, 0.3) is 0 Å². The summed E-state index contributed by atoms with van der Waals surface area (Å²) in [4.78, 5) is 49.5. The van der Waals surface area contributed by atoms with Crippen molar-refractivity contribution in [1.82, 2.24) is 15.8 Å². The highest BCUT2D eigenvalue weighted by Crippen LogP contribution is 2.35. The molecule has 0 aromatic heterocycles. The topological polar surface area (TPSA) is 95.6 Å². The van der Waals surface area contributed by atoms with Crippen molar-refractivity contribution >= 4 is 23.6 Å². The predicted molar refractivity (Wildman–Crippen MR) is 103 cm³/mol. The zero-order chi connectivity index (χ0) is 20.5. The van der Waals surface area contributed by atoms with Crippen LogP contribution in [0, 0.1) is 19.8 Å². The smallest absolute Gasteiger partial charge is 0.322 e. The summed E-state index contributed by atoms with van der Waals surface area (Å²) in [5, 5.41) is 3.53. The molecule has 0 atom stereocenters. The Balaban J connectivity index is 1.56. The monoisotopic (exact) mass is 385 g/mol. The standard InChI is InChI=1S/C21H27N3O4/c1-13-8-10-21(11-9-13)19(27)24(20(28)22-21)23-18(26)7-6-17(25)16-5-4-14(2)15(3)12-16/h4-5,12-13H,6-11H2,1-3H3,(H,22,28)(H,23,26). The van der Waals surface area contributed by atoms with E-state index in [0.29, 0.717) is 24.3 Å². The maximum Gasteiger partial charge on any atom is 0.344 e. The van der Waals surface area contributed by atoms with E-state index in [0.717, 1.165) is 29.0 Å². The molecule has 1 aromatic carbocycles. The number of amides is 4. The number of hydrogen-bond acceptors (Lipinski definition) is 4. The number of urea groups is 1. The fraction of sp³-hybridized carbons (Fsp3) is 0.524. The van der Waals surface area contributed by atoms with Crippen LogP contribution in [-0.4, -0.2) is 34.2 Å². The molecule has 2 fully saturated rings. The summed E-state index contributed by atoms with van der Waals surface area (Å²) in [5.41, 5.74) is 4.14. The van der Waals surface area contributed by atoms with Gasteiger partial charge in [0, 0.05) is 18.4 Å². The number of hydrazine groups is 1. The van der Waals surface area contributed by atoms with Crippen LogP contribution < -0.4 is 10.7 Å². The van der Waals surface area contributed by atoms with E-state index in [4.69, 9.17) is 0 Å². The molecule has 1 spiro atoms. The molecule has 1 saturated carbocycles. The van der Waals surface area contributed by atoms with Crippen LogP contribution >= 0.6 is 0 Å². The van der Waals surface area contributed by atoms with E-state index in [1.165, 1.54) is 0 Å². The van der Waals surface area contributed by atoms with Gasteiger partial charge in [0.2, 0.25) is 5.91 Å². The van der Waals surface area contributed by atoms with Crippen LogP contribution in [-0.2, 0) is 9.59 Å². The second kappa shape index (κ2) is 7.73. The Bertz CT molecular complexity index is 825. The Morgan fingerprint density at radius 1 is 1.14 bits per heavy atom. The van der Waals surface area contributed by atoms with Crippen LogP contribution in [0.2, 0.25) is 0 Å². The predicted octanol–water partition coefficient (Wildman–Crippen LogP) is 2.80. The van der Waals surface area contributed by atoms with Crippen LogP contribution in [0.15, 0.2) is 18.2 Å². The Labute approximate surface area is 164 Å². The first-order valence-corrected chi connectivity index (χ1v) is 9.78. The van der Waals surface area contributed by atoms with E-state index in [1.54, 1.807) is 12.1 Å². The number of nitrogens with zero attached hydrogens (tertiary/aromatic N) is 1. The third-order valence-electron chi connectivity index (χ3n) is 5.93. The second-order valence-corrected chi connectivity index (χ2v) is 8.09. The SMILES string of the molecule is Cc1ccc(C(=O)CCC(=O)NN2C(=O)NC3(CCC(C)CC3)C2=O)cc1C. The van der Waals surface area contributed by atoms with Crippen molar-refractivity contribution in [2.45, 2.75) is 64.8 Å². The number of carbonyl (C=O) groups is 4. The molecule has 1 saturated heterocycles. The number of ketones is 1. The minimum Gasteiger partial charge on any atom is -0.322 e. The molecule has 2 aliphatic rings. The normalized spacial score (nSPS) is 24.4. The van der Waals surface area contributed by atoms with E-state index in [1.807, 2.05) is 19.9 Å². The van der Waals surface area contributed by atoms with Crippen molar-refractivity contribution in [2.75, 3.05) is 0 Å². The lowest BCUT2D eigenvalue weighted by Crippen LogP contribution is -2.51. The van der Waals surface area contributed by atoms with E-state index < -0.39 is 23.4 Å². The molecule has 4 amide bonds. The molecule has 1 heterocycles. The average molecular weight is 385 g/mol. The number of aryl methyl sites for hydroxylation is 2. The van der Waals surface area contributed by atoms with E-state index in [9.17, 15) is 19.2 Å². The Kier molecular flexibility index (Phi) is 5.54. The quantitative estimate of drug-likeness (QED) is 0.602. The van der Waals surface area contributed by atoms with E-state index in [2.05, 4.69) is 17.7 Å². The van der Waals surface area contributed by atoms with Crippen LogP contribution in [0.1, 0.15) is 66.9 Å². The number of rotatable bonds is 5. The molecule has 3 rings (SSSR count). The largest absolute Gasteiger partial charge is 0.344 e. The van der Waals surface area contributed by atoms with Gasteiger partial charge in [0.1, 0.15) is 5.54 Å². The summed E-state index contributed by atoms with van der Waals surface area (Å²) in [6.45, 7) is 6.02. The third-order valence-corrected chi connectivity index (χ3v) is 5.93. The molecule has 7 nitrogen and oxygen atoms in total. The number of imide groups is 1. The van der Waals surface area contributed by atoms with Crippen LogP contribution in [0.3, 0.4) is 0 Å². The van der Waals surface area contributed by atoms with Crippen molar-refractivity contribution in [1.29, 1.82) is 0 Å². The summed E-state index contributed by atoms with van der Waals surface area (Å²) in [5.74, 6) is -0.552. The van der Waals surface area contributed by atoms with Gasteiger partial charge < -0.3 is 5.32 Å². The van der Waals surface area contributed by atoms with Crippen LogP contribution in [0.5, 0.6) is 0 Å². The summed E-state index contributed by atoms with van der Waals surface area (Å²) in [6.07, 6.45) is 2.80. The number of nitrogens with one attached hydrogen (secondary N) is 2. The zero-order valence-corrected chi connectivity index (χ0v) is 16.6. The molecule has 7 heteroatoms. The van der Waals surface area contributed by atoms with Gasteiger partial charge in [0.25, 0.3) is 5.91 Å². The van der Waals surface area contributed by atoms with Crippen molar-refractivity contribution in [3.63, 3.8) is 0 Å². The minimum absolute atomic E-state index is 0.0145. The maximum absolute atomic E-state index is 12.7. The summed E-state index contributed by atoms with van der Waals surface area (Å²) >= 11 is 0. The Morgan fingerprint density at radius 3 is 2.46 bits per heavy atom. The average Bonchev–Trinajstić information content (AvgIpc) is 2.89. The second-order valence-electron chi connectivity index (χ2n) is 8.09. The molecule has 28 heavy (non-hydrogen) atoms. The first-order valence-electron chi connectivity index (χ1n) is 9.78. The summed E-state index contributed by atoms with van der Waals surface area (Å²) < 4.78 is 0. The van der Waals surface area contributed by atoms with Crippen molar-refractivity contribution in [3.8, 4) is 0 Å². The number of benzene rings is 1. The molecule has 1 aromatic rings. The highest BCUT2D eigenvalue weighted by atomic mass is 16.2. The van der Waals surface area contributed by atoms with E-state index >= 15 is 0 Å². The molecular weight excluding hydrogens is 358 g/mol. The van der Waals surface area contributed by atoms with Gasteiger partial charge in [-0.1, -0.05) is 19.1 Å². The highest BCUT2D eigenvalue weighted by molar-refractivity contribution is 6.08. The lowest BCUT2D eigenvalue weighted by Gasteiger charge is -2.33. The fourth-order valence-electron chi connectivity index (χ4n) is 3.78. The van der Waals surface area contributed by atoms with Gasteiger partial charge in [0.05, 0.1) is 0 Å². The van der Waals surface area contributed by atoms with Crippen molar-refractivity contribution in [3.05, 3.63) is 34.9 Å². The first-order chi connectivity index (χ1) is 13.2. The summed E-state index contributed by atoms with van der Waals surface area (Å²) in [6, 6.07) is 4.82. The first kappa shape index (κ1) is 20.0.